The summed E-state index contributed by atoms with van der Waals surface area (Å²) in [6.07, 6.45) is 3.41. The van der Waals surface area contributed by atoms with Gasteiger partial charge in [0.2, 0.25) is 5.91 Å². The SMILES string of the molecule is O=C(NCc1ccc(Cl)cc1)[C@H]1CCCN(c2ccnc(-c3cccc(F)c3)n2)C1. The van der Waals surface area contributed by atoms with Crippen LogP contribution in [0.5, 0.6) is 0 Å². The molecule has 1 aromatic heterocycles. The van der Waals surface area contributed by atoms with Crippen molar-refractivity contribution in [1.29, 1.82) is 0 Å². The summed E-state index contributed by atoms with van der Waals surface area (Å²) in [6, 6.07) is 15.5. The lowest BCUT2D eigenvalue weighted by molar-refractivity contribution is -0.125. The number of halogens is 2. The molecule has 1 N–H and O–H groups in total. The van der Waals surface area contributed by atoms with Crippen LogP contribution >= 0.6 is 11.6 Å². The Hall–Kier alpha value is -2.99. The lowest BCUT2D eigenvalue weighted by Crippen LogP contribution is -2.43. The number of rotatable bonds is 5. The number of nitrogens with zero attached hydrogens (tertiary/aromatic N) is 3. The summed E-state index contributed by atoms with van der Waals surface area (Å²) < 4.78 is 13.5. The molecule has 5 nitrogen and oxygen atoms in total. The molecule has 154 valence electrons. The van der Waals surface area contributed by atoms with Gasteiger partial charge in [0.25, 0.3) is 0 Å². The number of nitrogens with one attached hydrogen (secondary N) is 1. The fraction of sp³-hybridized carbons (Fsp3) is 0.261. The molecule has 1 saturated heterocycles. The summed E-state index contributed by atoms with van der Waals surface area (Å²) in [6.45, 7) is 1.89. The lowest BCUT2D eigenvalue weighted by Gasteiger charge is -2.33. The van der Waals surface area contributed by atoms with Crippen LogP contribution in [0.1, 0.15) is 18.4 Å². The zero-order valence-electron chi connectivity index (χ0n) is 16.4. The maximum Gasteiger partial charge on any atom is 0.225 e. The van der Waals surface area contributed by atoms with Gasteiger partial charge in [-0.2, -0.15) is 0 Å². The molecule has 1 aliphatic heterocycles. The van der Waals surface area contributed by atoms with Crippen LogP contribution in [-0.4, -0.2) is 29.0 Å². The molecule has 1 amide bonds. The number of anilines is 1. The summed E-state index contributed by atoms with van der Waals surface area (Å²) >= 11 is 5.91. The molecule has 4 rings (SSSR count). The summed E-state index contributed by atoms with van der Waals surface area (Å²) in [5.41, 5.74) is 1.64. The summed E-state index contributed by atoms with van der Waals surface area (Å²) in [5.74, 6) is 0.824. The molecule has 0 radical (unpaired) electrons. The van der Waals surface area contributed by atoms with Gasteiger partial charge in [0.05, 0.1) is 5.92 Å². The number of benzene rings is 2. The van der Waals surface area contributed by atoms with E-state index in [1.165, 1.54) is 12.1 Å². The topological polar surface area (TPSA) is 58.1 Å². The third kappa shape index (κ3) is 4.94. The molecule has 3 aromatic rings. The molecule has 0 aliphatic carbocycles. The molecular weight excluding hydrogens is 403 g/mol. The fourth-order valence-corrected chi connectivity index (χ4v) is 3.75. The third-order valence-electron chi connectivity index (χ3n) is 5.22. The largest absolute Gasteiger partial charge is 0.356 e. The van der Waals surface area contributed by atoms with Crippen LogP contribution in [0.3, 0.4) is 0 Å². The molecule has 0 saturated carbocycles. The van der Waals surface area contributed by atoms with Crippen LogP contribution in [0.4, 0.5) is 10.2 Å². The molecule has 1 aliphatic rings. The fourth-order valence-electron chi connectivity index (χ4n) is 3.63. The van der Waals surface area contributed by atoms with Crippen LogP contribution < -0.4 is 10.2 Å². The van der Waals surface area contributed by atoms with E-state index in [9.17, 15) is 9.18 Å². The first-order valence-corrected chi connectivity index (χ1v) is 10.3. The lowest BCUT2D eigenvalue weighted by atomic mass is 9.97. The number of carbonyl (C=O) groups excluding carboxylic acids is 1. The van der Waals surface area contributed by atoms with Crippen LogP contribution in [0.25, 0.3) is 11.4 Å². The number of hydrogen-bond donors (Lipinski definition) is 1. The second kappa shape index (κ2) is 9.22. The van der Waals surface area contributed by atoms with Crippen molar-refractivity contribution in [2.75, 3.05) is 18.0 Å². The Morgan fingerprint density at radius 1 is 1.20 bits per heavy atom. The van der Waals surface area contributed by atoms with Crippen molar-refractivity contribution in [2.45, 2.75) is 19.4 Å². The van der Waals surface area contributed by atoms with Gasteiger partial charge in [-0.1, -0.05) is 35.9 Å². The Balaban J connectivity index is 1.41. The second-order valence-corrected chi connectivity index (χ2v) is 7.81. The monoisotopic (exact) mass is 424 g/mol. The zero-order valence-corrected chi connectivity index (χ0v) is 17.1. The van der Waals surface area contributed by atoms with Crippen molar-refractivity contribution >= 4 is 23.3 Å². The minimum atomic E-state index is -0.322. The zero-order chi connectivity index (χ0) is 20.9. The molecular formula is C23H22ClFN4O. The number of hydrogen-bond acceptors (Lipinski definition) is 4. The number of carbonyl (C=O) groups is 1. The van der Waals surface area contributed by atoms with Gasteiger partial charge < -0.3 is 10.2 Å². The van der Waals surface area contributed by atoms with Gasteiger partial charge in [0, 0.05) is 36.4 Å². The Bertz CT molecular complexity index is 1030. The van der Waals surface area contributed by atoms with E-state index in [0.717, 1.165) is 30.8 Å². The first kappa shape index (κ1) is 20.3. The summed E-state index contributed by atoms with van der Waals surface area (Å²) in [4.78, 5) is 23.7. The summed E-state index contributed by atoms with van der Waals surface area (Å²) in [5, 5.41) is 3.70. The quantitative estimate of drug-likeness (QED) is 0.656. The molecule has 0 bridgehead atoms. The minimum absolute atomic E-state index is 0.0362. The Morgan fingerprint density at radius 3 is 2.83 bits per heavy atom. The van der Waals surface area contributed by atoms with Crippen molar-refractivity contribution in [3.05, 3.63) is 77.2 Å². The first-order valence-electron chi connectivity index (χ1n) is 9.94. The van der Waals surface area contributed by atoms with Crippen LogP contribution in [0.2, 0.25) is 5.02 Å². The van der Waals surface area contributed by atoms with E-state index in [1.54, 1.807) is 18.3 Å². The first-order chi connectivity index (χ1) is 14.6. The van der Waals surface area contributed by atoms with Crippen molar-refractivity contribution in [3.63, 3.8) is 0 Å². The number of piperidine rings is 1. The predicted octanol–water partition coefficient (Wildman–Crippen LogP) is 4.47. The standard InChI is InChI=1S/C23H22ClFN4O/c24-19-8-6-16(7-9-19)14-27-23(30)18-4-2-12-29(15-18)21-10-11-26-22(28-21)17-3-1-5-20(25)13-17/h1,3,5-11,13,18H,2,4,12,14-15H2,(H,27,30)/t18-/m0/s1. The van der Waals surface area contributed by atoms with Crippen LogP contribution in [0, 0.1) is 11.7 Å². The van der Waals surface area contributed by atoms with Gasteiger partial charge in [0.15, 0.2) is 5.82 Å². The average molecular weight is 425 g/mol. The van der Waals surface area contributed by atoms with Crippen LogP contribution in [0.15, 0.2) is 60.8 Å². The Kier molecular flexibility index (Phi) is 6.23. The van der Waals surface area contributed by atoms with Crippen molar-refractivity contribution in [1.82, 2.24) is 15.3 Å². The minimum Gasteiger partial charge on any atom is -0.356 e. The predicted molar refractivity (Wildman–Crippen MR) is 116 cm³/mol. The van der Waals surface area contributed by atoms with Crippen molar-refractivity contribution < 1.29 is 9.18 Å². The summed E-state index contributed by atoms with van der Waals surface area (Å²) in [7, 11) is 0. The van der Waals surface area contributed by atoms with Gasteiger partial charge in [0.1, 0.15) is 11.6 Å². The molecule has 30 heavy (non-hydrogen) atoms. The Morgan fingerprint density at radius 2 is 2.03 bits per heavy atom. The van der Waals surface area contributed by atoms with E-state index < -0.39 is 0 Å². The highest BCUT2D eigenvalue weighted by atomic mass is 35.5. The molecule has 2 aromatic carbocycles. The Labute approximate surface area is 179 Å². The highest BCUT2D eigenvalue weighted by Gasteiger charge is 2.26. The van der Waals surface area contributed by atoms with Gasteiger partial charge in [-0.3, -0.25) is 4.79 Å². The van der Waals surface area contributed by atoms with Crippen molar-refractivity contribution in [3.8, 4) is 11.4 Å². The van der Waals surface area contributed by atoms with Crippen LogP contribution in [-0.2, 0) is 11.3 Å². The maximum absolute atomic E-state index is 13.5. The van der Waals surface area contributed by atoms with E-state index in [1.807, 2.05) is 30.3 Å². The normalized spacial score (nSPS) is 16.3. The van der Waals surface area contributed by atoms with E-state index in [0.29, 0.717) is 29.5 Å². The number of aromatic nitrogens is 2. The molecule has 7 heteroatoms. The van der Waals surface area contributed by atoms with Crippen molar-refractivity contribution in [2.24, 2.45) is 5.92 Å². The second-order valence-electron chi connectivity index (χ2n) is 7.38. The van der Waals surface area contributed by atoms with E-state index >= 15 is 0 Å². The molecule has 1 fully saturated rings. The van der Waals surface area contributed by atoms with E-state index in [-0.39, 0.29) is 17.6 Å². The molecule has 0 unspecified atom stereocenters. The van der Waals surface area contributed by atoms with Gasteiger partial charge in [-0.05, 0) is 48.7 Å². The highest BCUT2D eigenvalue weighted by Crippen LogP contribution is 2.24. The number of amides is 1. The van der Waals surface area contributed by atoms with Gasteiger partial charge in [-0.25, -0.2) is 14.4 Å². The van der Waals surface area contributed by atoms with Gasteiger partial charge >= 0.3 is 0 Å². The molecule has 0 spiro atoms. The average Bonchev–Trinajstić information content (AvgIpc) is 2.79. The third-order valence-corrected chi connectivity index (χ3v) is 5.47. The molecule has 1 atom stereocenters. The highest BCUT2D eigenvalue weighted by molar-refractivity contribution is 6.30. The van der Waals surface area contributed by atoms with E-state index in [4.69, 9.17) is 11.6 Å². The maximum atomic E-state index is 13.5. The molecule has 2 heterocycles. The van der Waals surface area contributed by atoms with Gasteiger partial charge in [-0.15, -0.1) is 0 Å². The van der Waals surface area contributed by atoms with E-state index in [2.05, 4.69) is 20.2 Å². The smallest absolute Gasteiger partial charge is 0.225 e.